The van der Waals surface area contributed by atoms with Crippen molar-refractivity contribution >= 4 is 16.9 Å². The lowest BCUT2D eigenvalue weighted by Gasteiger charge is -2.32. The van der Waals surface area contributed by atoms with Crippen molar-refractivity contribution in [1.82, 2.24) is 14.9 Å². The third kappa shape index (κ3) is 3.74. The van der Waals surface area contributed by atoms with E-state index in [1.54, 1.807) is 29.2 Å². The molecule has 0 N–H and O–H groups in total. The summed E-state index contributed by atoms with van der Waals surface area (Å²) in [4.78, 5) is 35.5. The molecule has 0 spiro atoms. The van der Waals surface area contributed by atoms with Crippen LogP contribution in [-0.4, -0.2) is 40.0 Å². The molecule has 0 aliphatic carbocycles. The van der Waals surface area contributed by atoms with Gasteiger partial charge in [0.15, 0.2) is 0 Å². The van der Waals surface area contributed by atoms with Gasteiger partial charge in [-0.25, -0.2) is 9.78 Å². The van der Waals surface area contributed by atoms with Crippen molar-refractivity contribution in [2.45, 2.75) is 32.8 Å². The Morgan fingerprint density at radius 3 is 2.86 bits per heavy atom. The van der Waals surface area contributed by atoms with E-state index in [4.69, 9.17) is 9.15 Å². The summed E-state index contributed by atoms with van der Waals surface area (Å²) in [6.07, 6.45) is 1.43. The van der Waals surface area contributed by atoms with E-state index in [1.165, 1.54) is 0 Å². The first-order valence-corrected chi connectivity index (χ1v) is 9.31. The number of carbonyl (C=O) groups excluding carboxylic acids is 1. The molecule has 3 aromatic rings. The van der Waals surface area contributed by atoms with Gasteiger partial charge in [-0.2, -0.15) is 4.98 Å². The second kappa shape index (κ2) is 7.42. The predicted octanol–water partition coefficient (Wildman–Crippen LogP) is 2.88. The van der Waals surface area contributed by atoms with Crippen LogP contribution < -0.4 is 10.4 Å². The highest BCUT2D eigenvalue weighted by Gasteiger charge is 2.28. The number of carbonyl (C=O) groups is 1. The van der Waals surface area contributed by atoms with Crippen LogP contribution in [0, 0.1) is 13.8 Å². The van der Waals surface area contributed by atoms with Crippen molar-refractivity contribution in [2.75, 3.05) is 13.1 Å². The Morgan fingerprint density at radius 2 is 2.04 bits per heavy atom. The summed E-state index contributed by atoms with van der Waals surface area (Å²) < 4.78 is 11.3. The average Bonchev–Trinajstić information content (AvgIpc) is 2.66. The SMILES string of the molecule is Cc1cc(OC2CCCN(C(=O)c3cc4ccccc4oc3=O)C2)nc(C)n1. The van der Waals surface area contributed by atoms with E-state index in [2.05, 4.69) is 9.97 Å². The third-order valence-electron chi connectivity index (χ3n) is 4.77. The van der Waals surface area contributed by atoms with Crippen LogP contribution in [0.1, 0.15) is 34.7 Å². The van der Waals surface area contributed by atoms with Gasteiger partial charge in [-0.15, -0.1) is 0 Å². The Hall–Kier alpha value is -3.22. The van der Waals surface area contributed by atoms with Crippen LogP contribution in [0.5, 0.6) is 5.88 Å². The molecule has 1 atom stereocenters. The smallest absolute Gasteiger partial charge is 0.349 e. The number of nitrogens with zero attached hydrogens (tertiary/aromatic N) is 3. The molecule has 1 aromatic carbocycles. The van der Waals surface area contributed by atoms with E-state index < -0.39 is 5.63 Å². The van der Waals surface area contributed by atoms with Gasteiger partial charge in [0.2, 0.25) is 5.88 Å². The lowest BCUT2D eigenvalue weighted by Crippen LogP contribution is -2.45. The number of aromatic nitrogens is 2. The van der Waals surface area contributed by atoms with Crippen LogP contribution in [0.4, 0.5) is 0 Å². The summed E-state index contributed by atoms with van der Waals surface area (Å²) in [7, 11) is 0. The minimum Gasteiger partial charge on any atom is -0.472 e. The van der Waals surface area contributed by atoms with Gasteiger partial charge in [0, 0.05) is 23.7 Å². The largest absolute Gasteiger partial charge is 0.472 e. The fourth-order valence-corrected chi connectivity index (χ4v) is 3.51. The predicted molar refractivity (Wildman–Crippen MR) is 104 cm³/mol. The number of hydrogen-bond donors (Lipinski definition) is 0. The van der Waals surface area contributed by atoms with Gasteiger partial charge in [0.1, 0.15) is 23.1 Å². The molecule has 28 heavy (non-hydrogen) atoms. The van der Waals surface area contributed by atoms with Crippen molar-refractivity contribution in [3.8, 4) is 5.88 Å². The maximum atomic E-state index is 13.0. The lowest BCUT2D eigenvalue weighted by molar-refractivity contribution is 0.0523. The minimum atomic E-state index is -0.617. The highest BCUT2D eigenvalue weighted by atomic mass is 16.5. The number of para-hydroxylation sites is 1. The second-order valence-electron chi connectivity index (χ2n) is 7.01. The quantitative estimate of drug-likeness (QED) is 0.651. The van der Waals surface area contributed by atoms with Crippen LogP contribution in [0.25, 0.3) is 11.0 Å². The molecule has 0 radical (unpaired) electrons. The van der Waals surface area contributed by atoms with Gasteiger partial charge < -0.3 is 14.1 Å². The number of fused-ring (bicyclic) bond motifs is 1. The Bertz CT molecular complexity index is 1070. The van der Waals surface area contributed by atoms with Gasteiger partial charge in [0.25, 0.3) is 5.91 Å². The molecule has 1 amide bonds. The number of benzene rings is 1. The molecule has 0 bridgehead atoms. The zero-order valence-corrected chi connectivity index (χ0v) is 15.8. The summed E-state index contributed by atoms with van der Waals surface area (Å²) in [5.41, 5.74) is 0.736. The number of likely N-dealkylation sites (tertiary alicyclic amines) is 1. The Morgan fingerprint density at radius 1 is 1.21 bits per heavy atom. The zero-order valence-electron chi connectivity index (χ0n) is 15.8. The van der Waals surface area contributed by atoms with Crippen LogP contribution in [-0.2, 0) is 0 Å². The molecule has 7 heteroatoms. The fraction of sp³-hybridized carbons (Fsp3) is 0.333. The average molecular weight is 379 g/mol. The molecule has 1 unspecified atom stereocenters. The summed E-state index contributed by atoms with van der Waals surface area (Å²) in [6.45, 7) is 4.67. The maximum absolute atomic E-state index is 13.0. The van der Waals surface area contributed by atoms with Gasteiger partial charge in [-0.05, 0) is 38.8 Å². The van der Waals surface area contributed by atoms with Crippen LogP contribution in [0.15, 0.2) is 45.6 Å². The van der Waals surface area contributed by atoms with Crippen LogP contribution in [0.3, 0.4) is 0 Å². The molecule has 2 aromatic heterocycles. The zero-order chi connectivity index (χ0) is 19.7. The first kappa shape index (κ1) is 18.2. The van der Waals surface area contributed by atoms with E-state index in [-0.39, 0.29) is 17.6 Å². The first-order valence-electron chi connectivity index (χ1n) is 9.31. The normalized spacial score (nSPS) is 16.9. The molecule has 1 aliphatic rings. The summed E-state index contributed by atoms with van der Waals surface area (Å²) >= 11 is 0. The van der Waals surface area contributed by atoms with Crippen molar-refractivity contribution < 1.29 is 13.9 Å². The Balaban J connectivity index is 1.53. The number of piperidine rings is 1. The molecular weight excluding hydrogens is 358 g/mol. The molecule has 0 saturated carbocycles. The van der Waals surface area contributed by atoms with E-state index in [0.29, 0.717) is 30.4 Å². The van der Waals surface area contributed by atoms with Gasteiger partial charge >= 0.3 is 5.63 Å². The Kier molecular flexibility index (Phi) is 4.81. The van der Waals surface area contributed by atoms with Gasteiger partial charge in [-0.1, -0.05) is 18.2 Å². The van der Waals surface area contributed by atoms with Crippen molar-refractivity contribution in [2.24, 2.45) is 0 Å². The summed E-state index contributed by atoms with van der Waals surface area (Å²) in [5.74, 6) is 0.824. The van der Waals surface area contributed by atoms with Crippen molar-refractivity contribution in [3.05, 3.63) is 63.9 Å². The highest BCUT2D eigenvalue weighted by molar-refractivity contribution is 5.96. The lowest BCUT2D eigenvalue weighted by atomic mass is 10.1. The number of amides is 1. The van der Waals surface area contributed by atoms with E-state index >= 15 is 0 Å². The topological polar surface area (TPSA) is 85.5 Å². The van der Waals surface area contributed by atoms with Crippen LogP contribution >= 0.6 is 0 Å². The molecule has 1 aliphatic heterocycles. The van der Waals surface area contributed by atoms with E-state index in [1.807, 2.05) is 26.0 Å². The van der Waals surface area contributed by atoms with E-state index in [9.17, 15) is 9.59 Å². The van der Waals surface area contributed by atoms with Gasteiger partial charge in [-0.3, -0.25) is 4.79 Å². The fourth-order valence-electron chi connectivity index (χ4n) is 3.51. The number of hydrogen-bond acceptors (Lipinski definition) is 6. The van der Waals surface area contributed by atoms with Crippen LogP contribution in [0.2, 0.25) is 0 Å². The molecule has 1 fully saturated rings. The summed E-state index contributed by atoms with van der Waals surface area (Å²) in [6, 6.07) is 10.5. The third-order valence-corrected chi connectivity index (χ3v) is 4.77. The van der Waals surface area contributed by atoms with Gasteiger partial charge in [0.05, 0.1) is 6.54 Å². The molecule has 3 heterocycles. The molecule has 1 saturated heterocycles. The van der Waals surface area contributed by atoms with Crippen molar-refractivity contribution in [3.63, 3.8) is 0 Å². The highest BCUT2D eigenvalue weighted by Crippen LogP contribution is 2.20. The maximum Gasteiger partial charge on any atom is 0.349 e. The molecule has 4 rings (SSSR count). The molecule has 7 nitrogen and oxygen atoms in total. The number of ether oxygens (including phenoxy) is 1. The van der Waals surface area contributed by atoms with Crippen molar-refractivity contribution in [1.29, 1.82) is 0 Å². The standard InChI is InChI=1S/C21H21N3O4/c1-13-10-19(23-14(2)22-13)27-16-7-5-9-24(12-16)20(25)17-11-15-6-3-4-8-18(15)28-21(17)26/h3-4,6,8,10-11,16H,5,7,9,12H2,1-2H3. The number of aryl methyl sites for hydroxylation is 2. The molecule has 144 valence electrons. The van der Waals surface area contributed by atoms with E-state index in [0.717, 1.165) is 23.9 Å². The summed E-state index contributed by atoms with van der Waals surface area (Å²) in [5, 5.41) is 0.724. The monoisotopic (exact) mass is 379 g/mol. The second-order valence-corrected chi connectivity index (χ2v) is 7.01. The molecular formula is C21H21N3O4. The Labute approximate surface area is 162 Å². The first-order chi connectivity index (χ1) is 13.5. The minimum absolute atomic E-state index is 0.0491. The number of rotatable bonds is 3.